The molecule has 0 aliphatic carbocycles. The molecule has 7 atom stereocenters. The van der Waals surface area contributed by atoms with Gasteiger partial charge in [-0.05, 0) is 18.7 Å². The molecule has 0 radical (unpaired) electrons. The molecule has 4 aromatic heterocycles. The van der Waals surface area contributed by atoms with Crippen LogP contribution < -0.4 is 17.0 Å². The molecular weight excluding hydrogens is 599 g/mol. The highest BCUT2D eigenvalue weighted by molar-refractivity contribution is 8.07. The third-order valence-corrected chi connectivity index (χ3v) is 8.18. The van der Waals surface area contributed by atoms with E-state index in [1.165, 1.54) is 23.5 Å². The summed E-state index contributed by atoms with van der Waals surface area (Å²) in [4.78, 5) is 56.3. The van der Waals surface area contributed by atoms with Crippen molar-refractivity contribution in [3.8, 4) is 0 Å². The lowest BCUT2D eigenvalue weighted by Gasteiger charge is -2.34. The Labute approximate surface area is 240 Å². The van der Waals surface area contributed by atoms with E-state index in [4.69, 9.17) is 51.6 Å². The molecule has 2 unspecified atom stereocenters. The molecule has 6 rings (SSSR count). The van der Waals surface area contributed by atoms with Crippen molar-refractivity contribution >= 4 is 52.6 Å². The van der Waals surface area contributed by atoms with Crippen LogP contribution in [0.2, 0.25) is 0 Å². The summed E-state index contributed by atoms with van der Waals surface area (Å²) in [7, 11) is 0. The van der Waals surface area contributed by atoms with Gasteiger partial charge in [-0.2, -0.15) is 4.98 Å². The highest BCUT2D eigenvalue weighted by atomic mass is 32.5. The summed E-state index contributed by atoms with van der Waals surface area (Å²) in [6.45, 7) is -2.41. The quantitative estimate of drug-likeness (QED) is 0.101. The van der Waals surface area contributed by atoms with Crippen molar-refractivity contribution in [2.75, 3.05) is 31.3 Å². The topological polar surface area (TPSA) is 255 Å². The highest BCUT2D eigenvalue weighted by Crippen LogP contribution is 2.49. The van der Waals surface area contributed by atoms with Gasteiger partial charge in [0.1, 0.15) is 24.6 Å². The molecule has 19 nitrogen and oxygen atoms in total. The molecule has 42 heavy (non-hydrogen) atoms. The number of anilines is 2. The van der Waals surface area contributed by atoms with E-state index in [9.17, 15) is 14.8 Å². The number of nitrogens with zero attached hydrogens (tertiary/aromatic N) is 7. The fourth-order valence-electron chi connectivity index (χ4n) is 4.65. The van der Waals surface area contributed by atoms with E-state index in [0.717, 1.165) is 0 Å². The van der Waals surface area contributed by atoms with Crippen molar-refractivity contribution in [2.24, 2.45) is 0 Å². The van der Waals surface area contributed by atoms with Crippen molar-refractivity contribution in [3.63, 3.8) is 0 Å². The largest absolute Gasteiger partial charge is 0.394 e. The Balaban J connectivity index is 1.15. The summed E-state index contributed by atoms with van der Waals surface area (Å²) in [5, 5.41) is 9.72. The number of aliphatic hydroxyl groups excluding tert-OH is 1. The van der Waals surface area contributed by atoms with Crippen LogP contribution >= 0.6 is 6.72 Å². The van der Waals surface area contributed by atoms with Crippen LogP contribution in [0.5, 0.6) is 0 Å². The molecule has 6 heterocycles. The highest BCUT2D eigenvalue weighted by Gasteiger charge is 2.42. The van der Waals surface area contributed by atoms with Gasteiger partial charge < -0.3 is 40.0 Å². The maximum Gasteiger partial charge on any atom is 0.325 e. The Kier molecular flexibility index (Phi) is 7.91. The molecule has 0 spiro atoms. The number of aromatic nitrogens is 8. The average molecular weight is 627 g/mol. The Bertz CT molecular complexity index is 1700. The van der Waals surface area contributed by atoms with Crippen LogP contribution in [-0.2, 0) is 40.1 Å². The second-order valence-electron chi connectivity index (χ2n) is 9.59. The van der Waals surface area contributed by atoms with Gasteiger partial charge in [0.25, 0.3) is 5.56 Å². The monoisotopic (exact) mass is 626 g/mol. The third-order valence-electron chi connectivity index (χ3n) is 6.59. The lowest BCUT2D eigenvalue weighted by Crippen LogP contribution is -2.42. The van der Waals surface area contributed by atoms with Gasteiger partial charge in [0.05, 0.1) is 38.1 Å². The predicted molar refractivity (Wildman–Crippen MR) is 146 cm³/mol. The summed E-state index contributed by atoms with van der Waals surface area (Å²) < 4.78 is 26.6. The molecule has 7 N–H and O–H groups in total. The second-order valence-corrected chi connectivity index (χ2v) is 12.4. The number of hydrogen-bond donors (Lipinski definition) is 5. The van der Waals surface area contributed by atoms with Crippen molar-refractivity contribution < 1.29 is 38.3 Å². The van der Waals surface area contributed by atoms with Crippen LogP contribution in [0.4, 0.5) is 11.8 Å². The van der Waals surface area contributed by atoms with Crippen LogP contribution in [0, 0.1) is 0 Å². The predicted octanol–water partition coefficient (Wildman–Crippen LogP) is -0.744. The van der Waals surface area contributed by atoms with E-state index in [2.05, 4.69) is 29.9 Å². The minimum Gasteiger partial charge on any atom is -0.394 e. The van der Waals surface area contributed by atoms with Crippen molar-refractivity contribution in [3.05, 3.63) is 29.3 Å². The number of nitrogens with two attached hydrogens (primary N) is 2. The van der Waals surface area contributed by atoms with Gasteiger partial charge in [-0.25, -0.2) is 29.7 Å². The van der Waals surface area contributed by atoms with Crippen molar-refractivity contribution in [1.82, 2.24) is 39.0 Å². The zero-order valence-electron chi connectivity index (χ0n) is 21.9. The normalized spacial score (nSPS) is 25.4. The molecular formula is C21H27N10O9PS. The number of fused-ring (bicyclic) bond motifs is 2. The van der Waals surface area contributed by atoms with E-state index in [-0.39, 0.29) is 49.2 Å². The number of hydrogen-bond acceptors (Lipinski definition) is 16. The average Bonchev–Trinajstić information content (AvgIpc) is 3.63. The van der Waals surface area contributed by atoms with E-state index < -0.39 is 49.1 Å². The molecule has 226 valence electrons. The van der Waals surface area contributed by atoms with E-state index in [1.54, 1.807) is 11.5 Å². The first-order valence-corrected chi connectivity index (χ1v) is 15.2. The van der Waals surface area contributed by atoms with Crippen LogP contribution in [0.3, 0.4) is 0 Å². The van der Waals surface area contributed by atoms with Crippen molar-refractivity contribution in [1.29, 1.82) is 0 Å². The molecule has 2 aliphatic heterocycles. The van der Waals surface area contributed by atoms with Gasteiger partial charge in [-0.3, -0.25) is 18.9 Å². The smallest absolute Gasteiger partial charge is 0.325 e. The molecule has 0 aromatic carbocycles. The molecule has 0 amide bonds. The van der Waals surface area contributed by atoms with Gasteiger partial charge in [-0.1, -0.05) is 0 Å². The van der Waals surface area contributed by atoms with E-state index in [0.29, 0.717) is 11.2 Å². The molecule has 2 aliphatic rings. The first-order chi connectivity index (χ1) is 20.1. The first-order valence-electron chi connectivity index (χ1n) is 12.6. The number of rotatable bonds is 11. The fourth-order valence-corrected chi connectivity index (χ4v) is 6.15. The van der Waals surface area contributed by atoms with Crippen LogP contribution in [-0.4, -0.2) is 93.3 Å². The van der Waals surface area contributed by atoms with Gasteiger partial charge in [0, 0.05) is 6.42 Å². The number of nitrogens with one attached hydrogen (secondary N) is 1. The molecule has 0 bridgehead atoms. The summed E-state index contributed by atoms with van der Waals surface area (Å²) >= 11 is 5.29. The molecule has 0 saturated carbocycles. The zero-order chi connectivity index (χ0) is 29.6. The maximum atomic E-state index is 12.2. The SMILES string of the molecule is CC(COP(O)(=S)O[C@@H]1C[C@@H](CO)O[C@H]1n1cnc2c(=O)[nH]c(N)nc21)O[C@H]([C@H]1COO1)n1cnc2c(N)ncnc21. The van der Waals surface area contributed by atoms with E-state index in [1.807, 2.05) is 0 Å². The summed E-state index contributed by atoms with van der Waals surface area (Å²) in [6.07, 6.45) is -0.0271. The lowest BCUT2D eigenvalue weighted by molar-refractivity contribution is -0.448. The van der Waals surface area contributed by atoms with Gasteiger partial charge in [0.2, 0.25) is 5.95 Å². The number of ether oxygens (including phenoxy) is 2. The summed E-state index contributed by atoms with van der Waals surface area (Å²) in [5.41, 5.74) is 12.1. The minimum absolute atomic E-state index is 0.0277. The Morgan fingerprint density at radius 1 is 1.24 bits per heavy atom. The summed E-state index contributed by atoms with van der Waals surface area (Å²) in [6, 6.07) is 0. The van der Waals surface area contributed by atoms with Crippen molar-refractivity contribution in [2.45, 2.75) is 50.2 Å². The fraction of sp³-hybridized carbons (Fsp3) is 0.524. The number of nitrogen functional groups attached to an aromatic ring is 2. The standard InChI is InChI=1S/C21H27N10O9PS/c1-9(37-20(12-5-35-39-12)30-7-26-13-15(22)24-6-25-16(13)30)4-36-41(34,42)40-11-2-10(3-32)38-19(11)31-8-27-14-17(31)28-21(23)29-18(14)33/h6-12,19-20,32H,2-5H2,1H3,(H,34,42)(H2,22,24,25)(H3,23,28,29,33)/t9?,10-,11+,12+,19+,20+,41?/m0/s1. The molecule has 2 fully saturated rings. The molecule has 2 saturated heterocycles. The Hall–Kier alpha value is -3.17. The first kappa shape index (κ1) is 28.9. The van der Waals surface area contributed by atoms with Crippen LogP contribution in [0.15, 0.2) is 23.8 Å². The maximum absolute atomic E-state index is 12.2. The Morgan fingerprint density at radius 2 is 2.02 bits per heavy atom. The number of H-pyrrole nitrogens is 1. The van der Waals surface area contributed by atoms with Crippen LogP contribution in [0.1, 0.15) is 25.8 Å². The number of imidazole rings is 2. The number of aromatic amines is 1. The molecule has 4 aromatic rings. The van der Waals surface area contributed by atoms with Gasteiger partial charge >= 0.3 is 6.72 Å². The number of aliphatic hydroxyl groups is 1. The zero-order valence-corrected chi connectivity index (χ0v) is 23.6. The van der Waals surface area contributed by atoms with Gasteiger partial charge in [-0.15, -0.1) is 0 Å². The van der Waals surface area contributed by atoms with Crippen LogP contribution in [0.25, 0.3) is 22.3 Å². The van der Waals surface area contributed by atoms with E-state index >= 15 is 0 Å². The second kappa shape index (κ2) is 11.5. The Morgan fingerprint density at radius 3 is 2.76 bits per heavy atom. The third kappa shape index (κ3) is 5.61. The summed E-state index contributed by atoms with van der Waals surface area (Å²) in [5.74, 6) is 0.0925. The lowest BCUT2D eigenvalue weighted by atomic mass is 10.2. The van der Waals surface area contributed by atoms with Gasteiger partial charge in [0.15, 0.2) is 41.2 Å². The minimum atomic E-state index is -3.88. The molecule has 21 heteroatoms.